The van der Waals surface area contributed by atoms with E-state index in [4.69, 9.17) is 4.74 Å². The number of aryl methyl sites for hydroxylation is 1. The second-order valence-corrected chi connectivity index (χ2v) is 5.00. The molecule has 0 aromatic carbocycles. The van der Waals surface area contributed by atoms with E-state index in [1.165, 1.54) is 18.5 Å². The lowest BCUT2D eigenvalue weighted by atomic mass is 10.2. The van der Waals surface area contributed by atoms with Gasteiger partial charge in [0, 0.05) is 45.6 Å². The van der Waals surface area contributed by atoms with Gasteiger partial charge < -0.3 is 15.0 Å². The number of pyridine rings is 1. The van der Waals surface area contributed by atoms with Crippen LogP contribution in [0.1, 0.15) is 18.4 Å². The first-order valence-corrected chi connectivity index (χ1v) is 6.68. The molecule has 1 unspecified atom stereocenters. The van der Waals surface area contributed by atoms with Crippen LogP contribution >= 0.6 is 0 Å². The molecule has 1 aromatic rings. The number of methoxy groups -OCH3 is 1. The number of nitrogens with one attached hydrogen (secondary N) is 1. The van der Waals surface area contributed by atoms with E-state index in [2.05, 4.69) is 34.3 Å². The van der Waals surface area contributed by atoms with Gasteiger partial charge in [-0.05, 0) is 31.4 Å². The van der Waals surface area contributed by atoms with Gasteiger partial charge in [-0.15, -0.1) is 0 Å². The van der Waals surface area contributed by atoms with Gasteiger partial charge >= 0.3 is 0 Å². The van der Waals surface area contributed by atoms with Gasteiger partial charge in [0.2, 0.25) is 0 Å². The summed E-state index contributed by atoms with van der Waals surface area (Å²) in [5.74, 6) is 0.990. The van der Waals surface area contributed by atoms with Crippen LogP contribution in [0.2, 0.25) is 0 Å². The summed E-state index contributed by atoms with van der Waals surface area (Å²) >= 11 is 0. The highest BCUT2D eigenvalue weighted by Crippen LogP contribution is 2.14. The Kier molecular flexibility index (Phi) is 4.96. The summed E-state index contributed by atoms with van der Waals surface area (Å²) in [5.41, 5.74) is 1.20. The normalized spacial score (nSPS) is 20.2. The fraction of sp³-hybridized carbons (Fsp3) is 0.643. The fourth-order valence-electron chi connectivity index (χ4n) is 2.35. The van der Waals surface area contributed by atoms with Crippen LogP contribution in [0.25, 0.3) is 0 Å². The second kappa shape index (κ2) is 6.71. The minimum Gasteiger partial charge on any atom is -0.385 e. The third-order valence-electron chi connectivity index (χ3n) is 3.36. The molecule has 0 amide bonds. The van der Waals surface area contributed by atoms with Gasteiger partial charge in [-0.1, -0.05) is 6.07 Å². The fourth-order valence-corrected chi connectivity index (χ4v) is 2.35. The first kappa shape index (κ1) is 13.3. The van der Waals surface area contributed by atoms with Crippen molar-refractivity contribution < 1.29 is 4.74 Å². The molecule has 2 heterocycles. The Bertz CT molecular complexity index is 353. The largest absolute Gasteiger partial charge is 0.385 e. The molecule has 1 N–H and O–H groups in total. The van der Waals surface area contributed by atoms with Crippen molar-refractivity contribution in [1.82, 2.24) is 9.88 Å². The molecule has 18 heavy (non-hydrogen) atoms. The summed E-state index contributed by atoms with van der Waals surface area (Å²) in [7, 11) is 1.76. The number of hydrogen-bond acceptors (Lipinski definition) is 4. The Morgan fingerprint density at radius 2 is 2.39 bits per heavy atom. The van der Waals surface area contributed by atoms with Gasteiger partial charge in [0.1, 0.15) is 5.82 Å². The molecule has 1 saturated heterocycles. The van der Waals surface area contributed by atoms with Crippen LogP contribution in [0.15, 0.2) is 18.3 Å². The molecule has 2 rings (SSSR count). The van der Waals surface area contributed by atoms with Crippen molar-refractivity contribution in [3.05, 3.63) is 23.9 Å². The van der Waals surface area contributed by atoms with E-state index in [-0.39, 0.29) is 0 Å². The second-order valence-electron chi connectivity index (χ2n) is 5.00. The molecule has 0 spiro atoms. The van der Waals surface area contributed by atoms with Crippen molar-refractivity contribution >= 4 is 5.82 Å². The molecule has 4 nitrogen and oxygen atoms in total. The first-order valence-electron chi connectivity index (χ1n) is 6.68. The summed E-state index contributed by atoms with van der Waals surface area (Å²) in [6, 6.07) is 4.69. The number of anilines is 1. The van der Waals surface area contributed by atoms with Crippen LogP contribution in [-0.2, 0) is 4.74 Å². The van der Waals surface area contributed by atoms with Crippen LogP contribution < -0.4 is 5.32 Å². The number of aromatic nitrogens is 1. The van der Waals surface area contributed by atoms with E-state index in [1.807, 2.05) is 6.20 Å². The Hall–Kier alpha value is -1.13. The third kappa shape index (κ3) is 3.96. The Morgan fingerprint density at radius 1 is 1.50 bits per heavy atom. The van der Waals surface area contributed by atoms with E-state index in [0.29, 0.717) is 6.04 Å². The minimum atomic E-state index is 0.530. The summed E-state index contributed by atoms with van der Waals surface area (Å²) < 4.78 is 5.08. The van der Waals surface area contributed by atoms with Crippen LogP contribution in [0, 0.1) is 6.92 Å². The highest BCUT2D eigenvalue weighted by atomic mass is 16.5. The van der Waals surface area contributed by atoms with Crippen LogP contribution in [-0.4, -0.2) is 49.3 Å². The summed E-state index contributed by atoms with van der Waals surface area (Å²) in [6.07, 6.45) is 4.22. The maximum atomic E-state index is 5.08. The van der Waals surface area contributed by atoms with Crippen molar-refractivity contribution in [1.29, 1.82) is 0 Å². The smallest absolute Gasteiger partial charge is 0.126 e. The topological polar surface area (TPSA) is 37.4 Å². The standard InChI is InChI=1S/C14H23N3O/c1-12-4-5-14(15-10-12)16-13-6-8-17(11-13)7-3-9-18-2/h4-5,10,13H,3,6-9,11H2,1-2H3,(H,15,16). The van der Waals surface area contributed by atoms with Crippen LogP contribution in [0.4, 0.5) is 5.82 Å². The average Bonchev–Trinajstić information content (AvgIpc) is 2.80. The molecule has 1 atom stereocenters. The molecule has 1 aliphatic heterocycles. The lowest BCUT2D eigenvalue weighted by Gasteiger charge is -2.16. The SMILES string of the molecule is COCCCN1CCC(Nc2ccc(C)cn2)C1. The Morgan fingerprint density at radius 3 is 3.11 bits per heavy atom. The van der Waals surface area contributed by atoms with Gasteiger partial charge in [-0.2, -0.15) is 0 Å². The summed E-state index contributed by atoms with van der Waals surface area (Å²) in [4.78, 5) is 6.88. The quantitative estimate of drug-likeness (QED) is 0.782. The molecule has 1 aromatic heterocycles. The maximum Gasteiger partial charge on any atom is 0.126 e. The minimum absolute atomic E-state index is 0.530. The number of likely N-dealkylation sites (tertiary alicyclic amines) is 1. The number of rotatable bonds is 6. The summed E-state index contributed by atoms with van der Waals surface area (Å²) in [6.45, 7) is 6.33. The van der Waals surface area contributed by atoms with E-state index in [1.54, 1.807) is 7.11 Å². The first-order chi connectivity index (χ1) is 8.78. The highest BCUT2D eigenvalue weighted by molar-refractivity contribution is 5.36. The lowest BCUT2D eigenvalue weighted by molar-refractivity contribution is 0.179. The van der Waals surface area contributed by atoms with Gasteiger partial charge in [-0.25, -0.2) is 4.98 Å². The Labute approximate surface area is 109 Å². The third-order valence-corrected chi connectivity index (χ3v) is 3.36. The number of nitrogens with zero attached hydrogens (tertiary/aromatic N) is 2. The van der Waals surface area contributed by atoms with Crippen molar-refractivity contribution in [2.45, 2.75) is 25.8 Å². The zero-order valence-electron chi connectivity index (χ0n) is 11.4. The molecule has 0 bridgehead atoms. The van der Waals surface area contributed by atoms with Crippen LogP contribution in [0.5, 0.6) is 0 Å². The molecule has 100 valence electrons. The monoisotopic (exact) mass is 249 g/mol. The lowest BCUT2D eigenvalue weighted by Crippen LogP contribution is -2.27. The van der Waals surface area contributed by atoms with Crippen LogP contribution in [0.3, 0.4) is 0 Å². The zero-order valence-corrected chi connectivity index (χ0v) is 11.4. The van der Waals surface area contributed by atoms with Gasteiger partial charge in [0.15, 0.2) is 0 Å². The number of ether oxygens (including phenoxy) is 1. The van der Waals surface area contributed by atoms with Crippen molar-refractivity contribution in [2.75, 3.05) is 38.7 Å². The van der Waals surface area contributed by atoms with Crippen molar-refractivity contribution in [2.24, 2.45) is 0 Å². The molecular weight excluding hydrogens is 226 g/mol. The van der Waals surface area contributed by atoms with E-state index >= 15 is 0 Å². The highest BCUT2D eigenvalue weighted by Gasteiger charge is 2.21. The molecule has 1 fully saturated rings. The van der Waals surface area contributed by atoms with Gasteiger partial charge in [0.25, 0.3) is 0 Å². The molecular formula is C14H23N3O. The molecule has 1 aliphatic rings. The Balaban J connectivity index is 1.73. The zero-order chi connectivity index (χ0) is 12.8. The number of hydrogen-bond donors (Lipinski definition) is 1. The molecule has 0 aliphatic carbocycles. The molecule has 4 heteroatoms. The van der Waals surface area contributed by atoms with E-state index in [0.717, 1.165) is 31.9 Å². The van der Waals surface area contributed by atoms with Gasteiger partial charge in [0.05, 0.1) is 0 Å². The van der Waals surface area contributed by atoms with E-state index in [9.17, 15) is 0 Å². The van der Waals surface area contributed by atoms with Gasteiger partial charge in [-0.3, -0.25) is 0 Å². The molecule has 0 saturated carbocycles. The van der Waals surface area contributed by atoms with E-state index < -0.39 is 0 Å². The summed E-state index contributed by atoms with van der Waals surface area (Å²) in [5, 5.41) is 3.50. The average molecular weight is 249 g/mol. The predicted octanol–water partition coefficient (Wildman–Crippen LogP) is 1.91. The van der Waals surface area contributed by atoms with Crippen molar-refractivity contribution in [3.8, 4) is 0 Å². The maximum absolute atomic E-state index is 5.08. The molecule has 0 radical (unpaired) electrons. The predicted molar refractivity (Wildman–Crippen MR) is 73.9 cm³/mol. The van der Waals surface area contributed by atoms with Crippen molar-refractivity contribution in [3.63, 3.8) is 0 Å².